The van der Waals surface area contributed by atoms with Gasteiger partial charge in [0, 0.05) is 6.07 Å². The van der Waals surface area contributed by atoms with Gasteiger partial charge in [-0.25, -0.2) is 9.59 Å². The number of nitrogens with one attached hydrogen (secondary N) is 3. The fraction of sp³-hybridized carbons (Fsp3) is 0.538. The van der Waals surface area contributed by atoms with Crippen molar-refractivity contribution in [1.29, 1.82) is 0 Å². The summed E-state index contributed by atoms with van der Waals surface area (Å²) in [5.41, 5.74) is -3.12. The molecule has 21 heavy (non-hydrogen) atoms. The van der Waals surface area contributed by atoms with Crippen LogP contribution in [0.2, 0.25) is 0 Å². The van der Waals surface area contributed by atoms with Crippen LogP contribution in [0.15, 0.2) is 15.7 Å². The molecule has 1 aliphatic carbocycles. The molecule has 0 unspecified atom stereocenters. The maximum absolute atomic E-state index is 12.1. The zero-order valence-corrected chi connectivity index (χ0v) is 11.6. The Morgan fingerprint density at radius 3 is 2.43 bits per heavy atom. The fourth-order valence-corrected chi connectivity index (χ4v) is 2.52. The van der Waals surface area contributed by atoms with Gasteiger partial charge in [-0.15, -0.1) is 0 Å². The van der Waals surface area contributed by atoms with Gasteiger partial charge in [-0.2, -0.15) is 0 Å². The van der Waals surface area contributed by atoms with E-state index >= 15 is 0 Å². The molecule has 0 atom stereocenters. The number of H-pyrrole nitrogens is 2. The van der Waals surface area contributed by atoms with Crippen molar-refractivity contribution in [2.75, 3.05) is 0 Å². The second kappa shape index (κ2) is 5.55. The van der Waals surface area contributed by atoms with Crippen molar-refractivity contribution < 1.29 is 14.7 Å². The van der Waals surface area contributed by atoms with E-state index in [0.29, 0.717) is 31.6 Å². The number of aliphatic carboxylic acids is 1. The average Bonchev–Trinajstić information content (AvgIpc) is 2.40. The number of amides is 1. The van der Waals surface area contributed by atoms with Crippen LogP contribution in [0.1, 0.15) is 43.1 Å². The highest BCUT2D eigenvalue weighted by Gasteiger charge is 2.42. The van der Waals surface area contributed by atoms with Gasteiger partial charge in [-0.05, 0) is 31.6 Å². The van der Waals surface area contributed by atoms with E-state index in [4.69, 9.17) is 0 Å². The second-order valence-electron chi connectivity index (χ2n) is 5.53. The Bertz CT molecular complexity index is 639. The fourth-order valence-electron chi connectivity index (χ4n) is 2.52. The Labute approximate surface area is 119 Å². The van der Waals surface area contributed by atoms with Crippen LogP contribution in [0.3, 0.4) is 0 Å². The third-order valence-electron chi connectivity index (χ3n) is 3.90. The quantitative estimate of drug-likeness (QED) is 0.614. The van der Waals surface area contributed by atoms with Crippen molar-refractivity contribution in [1.82, 2.24) is 15.3 Å². The van der Waals surface area contributed by atoms with Crippen molar-refractivity contribution in [3.05, 3.63) is 32.6 Å². The van der Waals surface area contributed by atoms with Crippen molar-refractivity contribution >= 4 is 11.9 Å². The van der Waals surface area contributed by atoms with Crippen LogP contribution in [-0.2, 0) is 4.79 Å². The first kappa shape index (κ1) is 15.0. The molecule has 1 aromatic rings. The zero-order chi connectivity index (χ0) is 15.6. The first-order chi connectivity index (χ1) is 9.82. The molecule has 0 aliphatic heterocycles. The monoisotopic (exact) mass is 295 g/mol. The summed E-state index contributed by atoms with van der Waals surface area (Å²) >= 11 is 0. The first-order valence-electron chi connectivity index (χ1n) is 6.72. The molecule has 2 rings (SSSR count). The van der Waals surface area contributed by atoms with Gasteiger partial charge >= 0.3 is 11.7 Å². The lowest BCUT2D eigenvalue weighted by Gasteiger charge is -2.36. The number of carbonyl (C=O) groups excluding carboxylic acids is 1. The third-order valence-corrected chi connectivity index (χ3v) is 3.90. The number of carbonyl (C=O) groups is 2. The summed E-state index contributed by atoms with van der Waals surface area (Å²) in [5, 5.41) is 11.9. The summed E-state index contributed by atoms with van der Waals surface area (Å²) in [7, 11) is 0. The van der Waals surface area contributed by atoms with Crippen LogP contribution >= 0.6 is 0 Å². The number of carboxylic acids is 1. The maximum Gasteiger partial charge on any atom is 0.329 e. The molecule has 114 valence electrons. The summed E-state index contributed by atoms with van der Waals surface area (Å²) in [6.07, 6.45) is 2.03. The molecule has 1 fully saturated rings. The summed E-state index contributed by atoms with van der Waals surface area (Å²) in [6.45, 7) is 2.03. The highest BCUT2D eigenvalue weighted by atomic mass is 16.4. The summed E-state index contributed by atoms with van der Waals surface area (Å²) in [5.74, 6) is -1.46. The second-order valence-corrected chi connectivity index (χ2v) is 5.53. The Hall–Kier alpha value is -2.38. The van der Waals surface area contributed by atoms with E-state index in [9.17, 15) is 24.3 Å². The van der Waals surface area contributed by atoms with E-state index in [1.807, 2.05) is 11.9 Å². The Kier molecular flexibility index (Phi) is 3.97. The largest absolute Gasteiger partial charge is 0.480 e. The van der Waals surface area contributed by atoms with Crippen molar-refractivity contribution in [3.8, 4) is 0 Å². The van der Waals surface area contributed by atoms with E-state index in [-0.39, 0.29) is 5.69 Å². The lowest BCUT2D eigenvalue weighted by atomic mass is 9.77. The molecule has 1 saturated carbocycles. The standard InChI is InChI=1S/C13H17N3O5/c1-7-2-4-13(5-3-7,11(19)20)16-10(18)8-6-9(17)15-12(21)14-8/h6-7H,2-5H2,1H3,(H,16,18)(H,19,20)(H2,14,15,17,21). The van der Waals surface area contributed by atoms with Crippen molar-refractivity contribution in [3.63, 3.8) is 0 Å². The molecule has 1 heterocycles. The van der Waals surface area contributed by atoms with Gasteiger partial charge in [-0.3, -0.25) is 14.6 Å². The minimum absolute atomic E-state index is 0.247. The first-order valence-corrected chi connectivity index (χ1v) is 6.72. The van der Waals surface area contributed by atoms with Gasteiger partial charge in [0.1, 0.15) is 11.2 Å². The van der Waals surface area contributed by atoms with E-state index in [1.54, 1.807) is 0 Å². The molecule has 1 aromatic heterocycles. The molecular formula is C13H17N3O5. The minimum atomic E-state index is -1.34. The SMILES string of the molecule is CC1CCC(NC(=O)c2cc(=O)[nH]c(=O)[nH]2)(C(=O)O)CC1. The number of aromatic nitrogens is 2. The van der Waals surface area contributed by atoms with E-state index in [1.165, 1.54) is 0 Å². The van der Waals surface area contributed by atoms with Crippen LogP contribution in [0.4, 0.5) is 0 Å². The van der Waals surface area contributed by atoms with Crippen LogP contribution in [0, 0.1) is 5.92 Å². The number of aromatic amines is 2. The molecule has 0 spiro atoms. The smallest absolute Gasteiger partial charge is 0.329 e. The van der Waals surface area contributed by atoms with Gasteiger partial charge in [0.2, 0.25) is 0 Å². The van der Waals surface area contributed by atoms with Crippen molar-refractivity contribution in [2.24, 2.45) is 5.92 Å². The maximum atomic E-state index is 12.1. The zero-order valence-electron chi connectivity index (χ0n) is 11.6. The topological polar surface area (TPSA) is 132 Å². The molecule has 0 radical (unpaired) electrons. The molecule has 8 nitrogen and oxygen atoms in total. The van der Waals surface area contributed by atoms with Crippen LogP contribution < -0.4 is 16.6 Å². The van der Waals surface area contributed by atoms with E-state index in [0.717, 1.165) is 6.07 Å². The Morgan fingerprint density at radius 1 is 1.29 bits per heavy atom. The third kappa shape index (κ3) is 3.21. The lowest BCUT2D eigenvalue weighted by molar-refractivity contribution is -0.146. The number of carboxylic acid groups (broad SMARTS) is 1. The van der Waals surface area contributed by atoms with Gasteiger partial charge < -0.3 is 15.4 Å². The normalized spacial score (nSPS) is 25.3. The minimum Gasteiger partial charge on any atom is -0.480 e. The molecular weight excluding hydrogens is 278 g/mol. The molecule has 0 saturated heterocycles. The van der Waals surface area contributed by atoms with Crippen LogP contribution in [0.25, 0.3) is 0 Å². The highest BCUT2D eigenvalue weighted by molar-refractivity contribution is 5.96. The predicted molar refractivity (Wildman–Crippen MR) is 73.1 cm³/mol. The van der Waals surface area contributed by atoms with Crippen LogP contribution in [-0.4, -0.2) is 32.5 Å². The number of hydrogen-bond donors (Lipinski definition) is 4. The predicted octanol–water partition coefficient (Wildman–Crippen LogP) is -0.173. The van der Waals surface area contributed by atoms with Gasteiger partial charge in [-0.1, -0.05) is 6.92 Å². The van der Waals surface area contributed by atoms with Gasteiger partial charge in [0.15, 0.2) is 0 Å². The molecule has 1 amide bonds. The molecule has 4 N–H and O–H groups in total. The van der Waals surface area contributed by atoms with Crippen molar-refractivity contribution in [2.45, 2.75) is 38.1 Å². The summed E-state index contributed by atoms with van der Waals surface area (Å²) < 4.78 is 0. The lowest BCUT2D eigenvalue weighted by Crippen LogP contribution is -2.56. The van der Waals surface area contributed by atoms with Gasteiger partial charge in [0.05, 0.1) is 0 Å². The Balaban J connectivity index is 2.25. The molecule has 0 aromatic carbocycles. The Morgan fingerprint density at radius 2 is 1.90 bits per heavy atom. The molecule has 0 bridgehead atoms. The average molecular weight is 295 g/mol. The number of rotatable bonds is 3. The van der Waals surface area contributed by atoms with Crippen LogP contribution in [0.5, 0.6) is 0 Å². The number of hydrogen-bond acceptors (Lipinski definition) is 4. The van der Waals surface area contributed by atoms with Gasteiger partial charge in [0.25, 0.3) is 11.5 Å². The van der Waals surface area contributed by atoms with E-state index < -0.39 is 28.7 Å². The van der Waals surface area contributed by atoms with E-state index in [2.05, 4.69) is 10.3 Å². The highest BCUT2D eigenvalue weighted by Crippen LogP contribution is 2.32. The molecule has 8 heteroatoms. The molecule has 1 aliphatic rings. The summed E-state index contributed by atoms with van der Waals surface area (Å²) in [6, 6.07) is 0.928. The summed E-state index contributed by atoms with van der Waals surface area (Å²) in [4.78, 5) is 50.1.